The van der Waals surface area contributed by atoms with Gasteiger partial charge in [-0.2, -0.15) is 0 Å². The smallest absolute Gasteiger partial charge is 0.247 e. The zero-order chi connectivity index (χ0) is 16.4. The SMILES string of the molecule is Fc1ccc(-c2nnc(CNc3cccc4c3CCCC4)o2)cc1. The lowest BCUT2D eigenvalue weighted by Gasteiger charge is -2.19. The van der Waals surface area contributed by atoms with Crippen LogP contribution in [0.5, 0.6) is 0 Å². The van der Waals surface area contributed by atoms with Gasteiger partial charge in [0, 0.05) is 11.3 Å². The Bertz CT molecular complexity index is 842. The van der Waals surface area contributed by atoms with Gasteiger partial charge < -0.3 is 9.73 Å². The topological polar surface area (TPSA) is 51.0 Å². The van der Waals surface area contributed by atoms with Crippen molar-refractivity contribution < 1.29 is 8.81 Å². The number of halogens is 1. The Hall–Kier alpha value is -2.69. The highest BCUT2D eigenvalue weighted by Crippen LogP contribution is 2.28. The Morgan fingerprint density at radius 1 is 1.00 bits per heavy atom. The average molecular weight is 323 g/mol. The predicted molar refractivity (Wildman–Crippen MR) is 90.1 cm³/mol. The molecule has 0 atom stereocenters. The molecule has 122 valence electrons. The summed E-state index contributed by atoms with van der Waals surface area (Å²) in [6.45, 7) is 0.477. The summed E-state index contributed by atoms with van der Waals surface area (Å²) >= 11 is 0. The van der Waals surface area contributed by atoms with Crippen molar-refractivity contribution in [2.75, 3.05) is 5.32 Å². The summed E-state index contributed by atoms with van der Waals surface area (Å²) in [5.41, 5.74) is 4.70. The molecule has 0 bridgehead atoms. The molecule has 0 radical (unpaired) electrons. The van der Waals surface area contributed by atoms with Crippen molar-refractivity contribution in [3.63, 3.8) is 0 Å². The number of hydrogen-bond donors (Lipinski definition) is 1. The molecule has 1 aliphatic rings. The van der Waals surface area contributed by atoms with Gasteiger partial charge in [0.1, 0.15) is 5.82 Å². The van der Waals surface area contributed by atoms with Crippen molar-refractivity contribution in [3.8, 4) is 11.5 Å². The first-order chi connectivity index (χ1) is 11.8. The van der Waals surface area contributed by atoms with Crippen LogP contribution in [0.4, 0.5) is 10.1 Å². The van der Waals surface area contributed by atoms with Gasteiger partial charge in [-0.25, -0.2) is 4.39 Å². The van der Waals surface area contributed by atoms with Gasteiger partial charge in [0.25, 0.3) is 0 Å². The van der Waals surface area contributed by atoms with E-state index in [2.05, 4.69) is 33.7 Å². The van der Waals surface area contributed by atoms with Gasteiger partial charge in [0.15, 0.2) is 0 Å². The molecular weight excluding hydrogens is 305 g/mol. The normalized spacial score (nSPS) is 13.5. The van der Waals surface area contributed by atoms with Crippen LogP contribution in [0, 0.1) is 5.82 Å². The second-order valence-corrected chi connectivity index (χ2v) is 6.01. The molecule has 1 N–H and O–H groups in total. The van der Waals surface area contributed by atoms with Crippen molar-refractivity contribution in [2.45, 2.75) is 32.2 Å². The number of anilines is 1. The maximum absolute atomic E-state index is 13.0. The van der Waals surface area contributed by atoms with Crippen molar-refractivity contribution in [2.24, 2.45) is 0 Å². The summed E-state index contributed by atoms with van der Waals surface area (Å²) in [4.78, 5) is 0. The molecule has 1 heterocycles. The highest BCUT2D eigenvalue weighted by molar-refractivity contribution is 5.56. The molecule has 3 aromatic rings. The quantitative estimate of drug-likeness (QED) is 0.775. The molecule has 1 aromatic heterocycles. The van der Waals surface area contributed by atoms with E-state index in [4.69, 9.17) is 4.42 Å². The van der Waals surface area contributed by atoms with Gasteiger partial charge in [-0.15, -0.1) is 10.2 Å². The predicted octanol–water partition coefficient (Wildman–Crippen LogP) is 4.37. The number of nitrogens with one attached hydrogen (secondary N) is 1. The molecule has 4 nitrogen and oxygen atoms in total. The Morgan fingerprint density at radius 3 is 2.71 bits per heavy atom. The van der Waals surface area contributed by atoms with Crippen LogP contribution in [0.25, 0.3) is 11.5 Å². The lowest BCUT2D eigenvalue weighted by molar-refractivity contribution is 0.514. The zero-order valence-electron chi connectivity index (χ0n) is 13.3. The number of aromatic nitrogens is 2. The van der Waals surface area contributed by atoms with E-state index in [0.717, 1.165) is 18.5 Å². The van der Waals surface area contributed by atoms with Crippen molar-refractivity contribution in [1.82, 2.24) is 10.2 Å². The van der Waals surface area contributed by atoms with Gasteiger partial charge in [-0.05, 0) is 67.1 Å². The number of hydrogen-bond acceptors (Lipinski definition) is 4. The molecular formula is C19H18FN3O. The highest BCUT2D eigenvalue weighted by atomic mass is 19.1. The van der Waals surface area contributed by atoms with E-state index in [1.54, 1.807) is 12.1 Å². The minimum Gasteiger partial charge on any atom is -0.419 e. The Kier molecular flexibility index (Phi) is 3.99. The van der Waals surface area contributed by atoms with Crippen molar-refractivity contribution in [1.29, 1.82) is 0 Å². The maximum Gasteiger partial charge on any atom is 0.247 e. The number of aryl methyl sites for hydroxylation is 1. The summed E-state index contributed by atoms with van der Waals surface area (Å²) in [6.07, 6.45) is 4.77. The molecule has 4 rings (SSSR count). The standard InChI is InChI=1S/C19H18FN3O/c20-15-10-8-14(9-11-15)19-23-22-18(24-19)12-21-17-7-3-5-13-4-1-2-6-16(13)17/h3,5,7-11,21H,1-2,4,6,12H2. The van der Waals surface area contributed by atoms with E-state index in [-0.39, 0.29) is 5.82 Å². The van der Waals surface area contributed by atoms with Crippen LogP contribution in [0.1, 0.15) is 29.9 Å². The Labute approximate surface area is 139 Å². The summed E-state index contributed by atoms with van der Waals surface area (Å²) < 4.78 is 18.6. The van der Waals surface area contributed by atoms with Crippen LogP contribution in [0.3, 0.4) is 0 Å². The van der Waals surface area contributed by atoms with Crippen LogP contribution in [0.2, 0.25) is 0 Å². The molecule has 0 aliphatic heterocycles. The van der Waals surface area contributed by atoms with Crippen molar-refractivity contribution >= 4 is 5.69 Å². The lowest BCUT2D eigenvalue weighted by atomic mass is 9.90. The number of fused-ring (bicyclic) bond motifs is 1. The molecule has 0 saturated carbocycles. The molecule has 2 aromatic carbocycles. The van der Waals surface area contributed by atoms with Crippen LogP contribution in [-0.4, -0.2) is 10.2 Å². The number of rotatable bonds is 4. The molecule has 1 aliphatic carbocycles. The van der Waals surface area contributed by atoms with Crippen LogP contribution < -0.4 is 5.32 Å². The van der Waals surface area contributed by atoms with Crippen molar-refractivity contribution in [3.05, 3.63) is 65.3 Å². The third-order valence-corrected chi connectivity index (χ3v) is 4.38. The van der Waals surface area contributed by atoms with E-state index in [9.17, 15) is 4.39 Å². The summed E-state index contributed by atoms with van der Waals surface area (Å²) in [5.74, 6) is 0.638. The fraction of sp³-hybridized carbons (Fsp3) is 0.263. The van der Waals surface area contributed by atoms with Gasteiger partial charge in [0.2, 0.25) is 11.8 Å². The molecule has 0 fully saturated rings. The first kappa shape index (κ1) is 14.9. The molecule has 24 heavy (non-hydrogen) atoms. The van der Waals surface area contributed by atoms with E-state index in [1.165, 1.54) is 36.1 Å². The first-order valence-corrected chi connectivity index (χ1v) is 8.22. The lowest BCUT2D eigenvalue weighted by Crippen LogP contribution is -2.08. The van der Waals surface area contributed by atoms with E-state index in [0.29, 0.717) is 23.9 Å². The maximum atomic E-state index is 13.0. The van der Waals surface area contributed by atoms with Gasteiger partial charge in [-0.1, -0.05) is 12.1 Å². The molecule has 0 spiro atoms. The largest absolute Gasteiger partial charge is 0.419 e. The molecule has 0 amide bonds. The second-order valence-electron chi connectivity index (χ2n) is 6.01. The van der Waals surface area contributed by atoms with Crippen LogP contribution >= 0.6 is 0 Å². The third-order valence-electron chi connectivity index (χ3n) is 4.38. The third kappa shape index (κ3) is 3.02. The average Bonchev–Trinajstić information content (AvgIpc) is 3.09. The van der Waals surface area contributed by atoms with Crippen LogP contribution in [-0.2, 0) is 19.4 Å². The fourth-order valence-electron chi connectivity index (χ4n) is 3.15. The summed E-state index contributed by atoms with van der Waals surface area (Å²) in [5, 5.41) is 11.5. The first-order valence-electron chi connectivity index (χ1n) is 8.22. The van der Waals surface area contributed by atoms with Gasteiger partial charge >= 0.3 is 0 Å². The fourth-order valence-corrected chi connectivity index (χ4v) is 3.15. The van der Waals surface area contributed by atoms with E-state index in [1.807, 2.05) is 0 Å². The zero-order valence-corrected chi connectivity index (χ0v) is 13.3. The van der Waals surface area contributed by atoms with E-state index >= 15 is 0 Å². The molecule has 0 saturated heterocycles. The Balaban J connectivity index is 1.48. The summed E-state index contributed by atoms with van der Waals surface area (Å²) in [7, 11) is 0. The number of benzene rings is 2. The van der Waals surface area contributed by atoms with E-state index < -0.39 is 0 Å². The van der Waals surface area contributed by atoms with Gasteiger partial charge in [0.05, 0.1) is 6.54 Å². The monoisotopic (exact) mass is 323 g/mol. The molecule has 5 heteroatoms. The Morgan fingerprint density at radius 2 is 1.83 bits per heavy atom. The number of nitrogens with zero attached hydrogens (tertiary/aromatic N) is 2. The van der Waals surface area contributed by atoms with Crippen LogP contribution in [0.15, 0.2) is 46.9 Å². The second kappa shape index (κ2) is 6.43. The summed E-state index contributed by atoms with van der Waals surface area (Å²) in [6, 6.07) is 12.4. The minimum absolute atomic E-state index is 0.283. The molecule has 0 unspecified atom stereocenters. The highest BCUT2D eigenvalue weighted by Gasteiger charge is 2.14. The van der Waals surface area contributed by atoms with Gasteiger partial charge in [-0.3, -0.25) is 0 Å². The minimum atomic E-state index is -0.283.